The number of para-hydroxylation sites is 1. The van der Waals surface area contributed by atoms with Gasteiger partial charge in [0.25, 0.3) is 5.91 Å². The minimum atomic E-state index is 0.0349. The molecule has 1 saturated heterocycles. The number of amides is 1. The van der Waals surface area contributed by atoms with Gasteiger partial charge in [0.15, 0.2) is 6.61 Å². The van der Waals surface area contributed by atoms with E-state index < -0.39 is 0 Å². The lowest BCUT2D eigenvalue weighted by Gasteiger charge is -2.32. The molecular formula is C20H23NO3. The van der Waals surface area contributed by atoms with E-state index in [-0.39, 0.29) is 18.6 Å². The van der Waals surface area contributed by atoms with Gasteiger partial charge in [-0.2, -0.15) is 0 Å². The third-order valence-corrected chi connectivity index (χ3v) is 4.22. The van der Waals surface area contributed by atoms with Crippen molar-refractivity contribution >= 4 is 5.91 Å². The van der Waals surface area contributed by atoms with Gasteiger partial charge in [-0.05, 0) is 31.2 Å². The van der Waals surface area contributed by atoms with Crippen LogP contribution < -0.4 is 9.47 Å². The molecule has 126 valence electrons. The first-order valence-corrected chi connectivity index (χ1v) is 8.39. The van der Waals surface area contributed by atoms with Crippen LogP contribution in [0.15, 0.2) is 54.6 Å². The average Bonchev–Trinajstić information content (AvgIpc) is 2.63. The normalized spacial score (nSPS) is 15.1. The largest absolute Gasteiger partial charge is 0.490 e. The third kappa shape index (κ3) is 4.51. The molecule has 2 aromatic carbocycles. The molecule has 4 nitrogen and oxygen atoms in total. The van der Waals surface area contributed by atoms with Crippen LogP contribution in [0, 0.1) is 6.92 Å². The second-order valence-electron chi connectivity index (χ2n) is 6.11. The standard InChI is InChI=1S/C20H23NO3/c1-16-7-9-18(10-8-16)24-19-11-13-21(14-12-19)20(22)15-23-17-5-3-2-4-6-17/h2-10,19H,11-15H2,1H3. The molecule has 0 atom stereocenters. The molecule has 0 aliphatic carbocycles. The summed E-state index contributed by atoms with van der Waals surface area (Å²) in [6.45, 7) is 3.58. The summed E-state index contributed by atoms with van der Waals surface area (Å²) in [4.78, 5) is 14.1. The lowest BCUT2D eigenvalue weighted by atomic mass is 10.1. The van der Waals surface area contributed by atoms with Crippen LogP contribution in [0.1, 0.15) is 18.4 Å². The molecule has 0 spiro atoms. The Morgan fingerprint density at radius 1 is 1.00 bits per heavy atom. The first-order valence-electron chi connectivity index (χ1n) is 8.39. The van der Waals surface area contributed by atoms with Crippen molar-refractivity contribution in [3.63, 3.8) is 0 Å². The quantitative estimate of drug-likeness (QED) is 0.845. The maximum atomic E-state index is 12.2. The summed E-state index contributed by atoms with van der Waals surface area (Å²) in [5.74, 6) is 1.66. The van der Waals surface area contributed by atoms with Crippen LogP contribution in [0.25, 0.3) is 0 Å². The molecule has 3 rings (SSSR count). The topological polar surface area (TPSA) is 38.8 Å². The molecular weight excluding hydrogens is 302 g/mol. The molecule has 1 aliphatic heterocycles. The SMILES string of the molecule is Cc1ccc(OC2CCN(C(=O)COc3ccccc3)CC2)cc1. The summed E-state index contributed by atoms with van der Waals surface area (Å²) < 4.78 is 11.5. The van der Waals surface area contributed by atoms with Crippen LogP contribution >= 0.6 is 0 Å². The van der Waals surface area contributed by atoms with Crippen LogP contribution in [0.2, 0.25) is 0 Å². The van der Waals surface area contributed by atoms with Crippen LogP contribution in [-0.2, 0) is 4.79 Å². The first kappa shape index (κ1) is 16.4. The monoisotopic (exact) mass is 325 g/mol. The zero-order valence-electron chi connectivity index (χ0n) is 14.0. The lowest BCUT2D eigenvalue weighted by molar-refractivity contribution is -0.135. The minimum absolute atomic E-state index is 0.0349. The fourth-order valence-corrected chi connectivity index (χ4v) is 2.79. The van der Waals surface area contributed by atoms with Crippen molar-refractivity contribution in [1.82, 2.24) is 4.90 Å². The molecule has 0 aromatic heterocycles. The predicted molar refractivity (Wildman–Crippen MR) is 93.3 cm³/mol. The number of piperidine rings is 1. The molecule has 24 heavy (non-hydrogen) atoms. The van der Waals surface area contributed by atoms with Gasteiger partial charge in [-0.3, -0.25) is 4.79 Å². The second kappa shape index (κ2) is 7.86. The van der Waals surface area contributed by atoms with Crippen molar-refractivity contribution in [2.45, 2.75) is 25.9 Å². The van der Waals surface area contributed by atoms with Gasteiger partial charge in [-0.15, -0.1) is 0 Å². The number of benzene rings is 2. The van der Waals surface area contributed by atoms with Gasteiger partial charge in [-0.25, -0.2) is 0 Å². The van der Waals surface area contributed by atoms with Crippen molar-refractivity contribution in [2.75, 3.05) is 19.7 Å². The van der Waals surface area contributed by atoms with Gasteiger partial charge in [0.05, 0.1) is 0 Å². The van der Waals surface area contributed by atoms with Crippen LogP contribution in [0.3, 0.4) is 0 Å². The van der Waals surface area contributed by atoms with E-state index in [1.165, 1.54) is 5.56 Å². The number of hydrogen-bond acceptors (Lipinski definition) is 3. The molecule has 1 aliphatic rings. The molecule has 0 N–H and O–H groups in total. The summed E-state index contributed by atoms with van der Waals surface area (Å²) in [7, 11) is 0. The summed E-state index contributed by atoms with van der Waals surface area (Å²) in [5.41, 5.74) is 1.22. The van der Waals surface area contributed by atoms with Crippen molar-refractivity contribution in [2.24, 2.45) is 0 Å². The van der Waals surface area contributed by atoms with Crippen molar-refractivity contribution < 1.29 is 14.3 Å². The Hall–Kier alpha value is -2.49. The van der Waals surface area contributed by atoms with E-state index in [0.717, 1.165) is 24.3 Å². The highest BCUT2D eigenvalue weighted by Crippen LogP contribution is 2.19. The average molecular weight is 325 g/mol. The predicted octanol–water partition coefficient (Wildman–Crippen LogP) is 3.44. The fourth-order valence-electron chi connectivity index (χ4n) is 2.79. The van der Waals surface area contributed by atoms with Crippen LogP contribution in [0.5, 0.6) is 11.5 Å². The Bertz CT molecular complexity index is 646. The summed E-state index contributed by atoms with van der Waals surface area (Å²) in [5, 5.41) is 0. The van der Waals surface area contributed by atoms with E-state index in [4.69, 9.17) is 9.47 Å². The Balaban J connectivity index is 1.42. The molecule has 4 heteroatoms. The molecule has 0 radical (unpaired) electrons. The number of rotatable bonds is 5. The third-order valence-electron chi connectivity index (χ3n) is 4.22. The van der Waals surface area contributed by atoms with Gasteiger partial charge in [0, 0.05) is 25.9 Å². The fraction of sp³-hybridized carbons (Fsp3) is 0.350. The van der Waals surface area contributed by atoms with E-state index >= 15 is 0 Å². The molecule has 1 fully saturated rings. The summed E-state index contributed by atoms with van der Waals surface area (Å²) >= 11 is 0. The highest BCUT2D eigenvalue weighted by molar-refractivity contribution is 5.77. The number of ether oxygens (including phenoxy) is 2. The summed E-state index contributed by atoms with van der Waals surface area (Å²) in [6.07, 6.45) is 1.88. The van der Waals surface area contributed by atoms with E-state index in [1.807, 2.05) is 47.4 Å². The zero-order chi connectivity index (χ0) is 16.8. The Morgan fingerprint density at radius 2 is 1.67 bits per heavy atom. The molecule has 1 heterocycles. The van der Waals surface area contributed by atoms with Gasteiger partial charge >= 0.3 is 0 Å². The van der Waals surface area contributed by atoms with Crippen LogP contribution in [-0.4, -0.2) is 36.6 Å². The molecule has 2 aromatic rings. The lowest BCUT2D eigenvalue weighted by Crippen LogP contribution is -2.43. The van der Waals surface area contributed by atoms with E-state index in [2.05, 4.69) is 19.1 Å². The highest BCUT2D eigenvalue weighted by Gasteiger charge is 2.24. The number of carbonyl (C=O) groups excluding carboxylic acids is 1. The maximum absolute atomic E-state index is 12.2. The van der Waals surface area contributed by atoms with Crippen LogP contribution in [0.4, 0.5) is 0 Å². The van der Waals surface area contributed by atoms with E-state index in [0.29, 0.717) is 13.1 Å². The molecule has 1 amide bonds. The number of aryl methyl sites for hydroxylation is 1. The highest BCUT2D eigenvalue weighted by atomic mass is 16.5. The van der Waals surface area contributed by atoms with Gasteiger partial charge in [0.1, 0.15) is 17.6 Å². The number of hydrogen-bond donors (Lipinski definition) is 0. The van der Waals surface area contributed by atoms with E-state index in [9.17, 15) is 4.79 Å². The number of likely N-dealkylation sites (tertiary alicyclic amines) is 1. The van der Waals surface area contributed by atoms with Gasteiger partial charge in [0.2, 0.25) is 0 Å². The molecule has 0 bridgehead atoms. The van der Waals surface area contributed by atoms with Crippen molar-refractivity contribution in [3.05, 3.63) is 60.2 Å². The number of nitrogens with zero attached hydrogens (tertiary/aromatic N) is 1. The van der Waals surface area contributed by atoms with Crippen molar-refractivity contribution in [3.8, 4) is 11.5 Å². The summed E-state index contributed by atoms with van der Waals surface area (Å²) in [6, 6.07) is 17.5. The first-order chi connectivity index (χ1) is 11.7. The van der Waals surface area contributed by atoms with E-state index in [1.54, 1.807) is 0 Å². The van der Waals surface area contributed by atoms with Gasteiger partial charge < -0.3 is 14.4 Å². The van der Waals surface area contributed by atoms with Gasteiger partial charge in [-0.1, -0.05) is 35.9 Å². The number of carbonyl (C=O) groups is 1. The Labute approximate surface area is 143 Å². The second-order valence-corrected chi connectivity index (χ2v) is 6.11. The Morgan fingerprint density at radius 3 is 2.33 bits per heavy atom. The maximum Gasteiger partial charge on any atom is 0.260 e. The Kier molecular flexibility index (Phi) is 5.36. The molecule has 0 unspecified atom stereocenters. The molecule has 0 saturated carbocycles. The zero-order valence-corrected chi connectivity index (χ0v) is 14.0. The van der Waals surface area contributed by atoms with Crippen molar-refractivity contribution in [1.29, 1.82) is 0 Å². The smallest absolute Gasteiger partial charge is 0.260 e. The minimum Gasteiger partial charge on any atom is -0.490 e.